The van der Waals surface area contributed by atoms with Crippen molar-refractivity contribution >= 4 is 5.91 Å². The Labute approximate surface area is 144 Å². The molecule has 0 aromatic heterocycles. The van der Waals surface area contributed by atoms with Crippen LogP contribution in [0.15, 0.2) is 48.5 Å². The number of hydrogen-bond donors (Lipinski definition) is 2. The highest BCUT2D eigenvalue weighted by molar-refractivity contribution is 5.94. The van der Waals surface area contributed by atoms with Crippen LogP contribution in [0.3, 0.4) is 0 Å². The fourth-order valence-corrected chi connectivity index (χ4v) is 2.68. The van der Waals surface area contributed by atoms with Gasteiger partial charge in [0.2, 0.25) is 0 Å². The van der Waals surface area contributed by atoms with Crippen LogP contribution in [0.5, 0.6) is 5.75 Å². The van der Waals surface area contributed by atoms with Gasteiger partial charge in [-0.05, 0) is 41.8 Å². The van der Waals surface area contributed by atoms with E-state index in [1.807, 2.05) is 36.4 Å². The molecule has 0 saturated carbocycles. The zero-order valence-corrected chi connectivity index (χ0v) is 14.4. The van der Waals surface area contributed by atoms with E-state index in [0.29, 0.717) is 5.56 Å². The first-order valence-electron chi connectivity index (χ1n) is 8.88. The summed E-state index contributed by atoms with van der Waals surface area (Å²) >= 11 is 0. The lowest BCUT2D eigenvalue weighted by Crippen LogP contribution is -2.24. The second kappa shape index (κ2) is 9.76. The van der Waals surface area contributed by atoms with Crippen LogP contribution < -0.4 is 5.32 Å². The van der Waals surface area contributed by atoms with E-state index in [0.717, 1.165) is 24.1 Å². The molecule has 0 atom stereocenters. The Morgan fingerprint density at radius 1 is 0.833 bits per heavy atom. The average Bonchev–Trinajstić information content (AvgIpc) is 2.61. The molecule has 3 nitrogen and oxygen atoms in total. The smallest absolute Gasteiger partial charge is 0.251 e. The highest BCUT2D eigenvalue weighted by Gasteiger charge is 2.05. The molecule has 3 heteroatoms. The van der Waals surface area contributed by atoms with E-state index < -0.39 is 0 Å². The molecule has 0 radical (unpaired) electrons. The maximum atomic E-state index is 12.1. The van der Waals surface area contributed by atoms with E-state index in [1.54, 1.807) is 12.1 Å². The lowest BCUT2D eigenvalue weighted by molar-refractivity contribution is 0.0953. The fourth-order valence-electron chi connectivity index (χ4n) is 2.68. The minimum absolute atomic E-state index is 0.0131. The first kappa shape index (κ1) is 18.1. The van der Waals surface area contributed by atoms with Crippen LogP contribution in [-0.2, 0) is 0 Å². The molecule has 1 amide bonds. The van der Waals surface area contributed by atoms with Crippen LogP contribution in [0.4, 0.5) is 0 Å². The predicted octanol–water partition coefficient (Wildman–Crippen LogP) is 5.15. The average molecular weight is 325 g/mol. The molecule has 0 aliphatic heterocycles. The summed E-state index contributed by atoms with van der Waals surface area (Å²) in [6, 6.07) is 14.6. The standard InChI is InChI=1S/C21H27NO2/c1-2-3-4-5-6-7-16-22-21(24)19-10-8-17(9-11-19)18-12-14-20(23)15-13-18/h8-15,23H,2-7,16H2,1H3,(H,22,24). The van der Waals surface area contributed by atoms with E-state index in [1.165, 1.54) is 32.1 Å². The summed E-state index contributed by atoms with van der Waals surface area (Å²) in [7, 11) is 0. The van der Waals surface area contributed by atoms with E-state index in [2.05, 4.69) is 12.2 Å². The predicted molar refractivity (Wildman–Crippen MR) is 99.3 cm³/mol. The zero-order valence-electron chi connectivity index (χ0n) is 14.4. The Morgan fingerprint density at radius 3 is 2.00 bits per heavy atom. The van der Waals surface area contributed by atoms with Gasteiger partial charge in [-0.2, -0.15) is 0 Å². The summed E-state index contributed by atoms with van der Waals surface area (Å²) in [5.74, 6) is 0.241. The van der Waals surface area contributed by atoms with Crippen molar-refractivity contribution in [3.63, 3.8) is 0 Å². The molecule has 2 N–H and O–H groups in total. The maximum absolute atomic E-state index is 12.1. The van der Waals surface area contributed by atoms with Crippen molar-refractivity contribution < 1.29 is 9.90 Å². The number of hydrogen-bond acceptors (Lipinski definition) is 2. The van der Waals surface area contributed by atoms with E-state index in [4.69, 9.17) is 0 Å². The number of aromatic hydroxyl groups is 1. The molecule has 2 aromatic rings. The van der Waals surface area contributed by atoms with Crippen molar-refractivity contribution in [2.45, 2.75) is 45.4 Å². The number of benzene rings is 2. The van der Waals surface area contributed by atoms with Crippen LogP contribution in [-0.4, -0.2) is 17.6 Å². The Kier molecular flexibility index (Phi) is 7.34. The van der Waals surface area contributed by atoms with Gasteiger partial charge in [0.1, 0.15) is 5.75 Å². The topological polar surface area (TPSA) is 49.3 Å². The number of phenolic OH excluding ortho intramolecular Hbond substituents is 1. The molecule has 0 aliphatic carbocycles. The quantitative estimate of drug-likeness (QED) is 0.626. The maximum Gasteiger partial charge on any atom is 0.251 e. The number of unbranched alkanes of at least 4 members (excludes halogenated alkanes) is 5. The third-order valence-corrected chi connectivity index (χ3v) is 4.16. The van der Waals surface area contributed by atoms with Gasteiger partial charge in [0.25, 0.3) is 5.91 Å². The van der Waals surface area contributed by atoms with Gasteiger partial charge in [-0.25, -0.2) is 0 Å². The zero-order chi connectivity index (χ0) is 17.2. The van der Waals surface area contributed by atoms with Gasteiger partial charge >= 0.3 is 0 Å². The number of phenols is 1. The summed E-state index contributed by atoms with van der Waals surface area (Å²) in [6.07, 6.45) is 7.34. The summed E-state index contributed by atoms with van der Waals surface area (Å²) in [5, 5.41) is 12.3. The minimum atomic E-state index is -0.0131. The number of carbonyl (C=O) groups is 1. The van der Waals surface area contributed by atoms with Crippen molar-refractivity contribution in [3.8, 4) is 16.9 Å². The lowest BCUT2D eigenvalue weighted by Gasteiger charge is -2.07. The first-order valence-corrected chi connectivity index (χ1v) is 8.88. The lowest BCUT2D eigenvalue weighted by atomic mass is 10.0. The van der Waals surface area contributed by atoms with E-state index in [9.17, 15) is 9.90 Å². The highest BCUT2D eigenvalue weighted by atomic mass is 16.3. The summed E-state index contributed by atoms with van der Waals surface area (Å²) in [6.45, 7) is 2.96. The van der Waals surface area contributed by atoms with Gasteiger partial charge in [-0.3, -0.25) is 4.79 Å². The van der Waals surface area contributed by atoms with Gasteiger partial charge in [-0.1, -0.05) is 63.3 Å². The molecule has 0 saturated heterocycles. The van der Waals surface area contributed by atoms with Crippen LogP contribution >= 0.6 is 0 Å². The largest absolute Gasteiger partial charge is 0.508 e. The molecule has 2 rings (SSSR count). The van der Waals surface area contributed by atoms with Crippen molar-refractivity contribution in [2.24, 2.45) is 0 Å². The number of rotatable bonds is 9. The Bertz CT molecular complexity index is 617. The monoisotopic (exact) mass is 325 g/mol. The molecule has 0 bridgehead atoms. The third kappa shape index (κ3) is 5.73. The Balaban J connectivity index is 1.78. The molecule has 2 aromatic carbocycles. The fraction of sp³-hybridized carbons (Fsp3) is 0.381. The van der Waals surface area contributed by atoms with E-state index in [-0.39, 0.29) is 11.7 Å². The van der Waals surface area contributed by atoms with Crippen LogP contribution in [0.2, 0.25) is 0 Å². The minimum Gasteiger partial charge on any atom is -0.508 e. The van der Waals surface area contributed by atoms with Gasteiger partial charge in [0.15, 0.2) is 0 Å². The summed E-state index contributed by atoms with van der Waals surface area (Å²) < 4.78 is 0. The number of carbonyl (C=O) groups excluding carboxylic acids is 1. The van der Waals surface area contributed by atoms with Crippen molar-refractivity contribution in [2.75, 3.05) is 6.54 Å². The van der Waals surface area contributed by atoms with Crippen molar-refractivity contribution in [1.29, 1.82) is 0 Å². The summed E-state index contributed by atoms with van der Waals surface area (Å²) in [4.78, 5) is 12.1. The second-order valence-electron chi connectivity index (χ2n) is 6.15. The van der Waals surface area contributed by atoms with Crippen LogP contribution in [0.25, 0.3) is 11.1 Å². The molecular formula is C21H27NO2. The van der Waals surface area contributed by atoms with Gasteiger partial charge in [0.05, 0.1) is 0 Å². The van der Waals surface area contributed by atoms with Crippen molar-refractivity contribution in [3.05, 3.63) is 54.1 Å². The molecule has 0 unspecified atom stereocenters. The van der Waals surface area contributed by atoms with Crippen LogP contribution in [0, 0.1) is 0 Å². The molecule has 0 spiro atoms. The second-order valence-corrected chi connectivity index (χ2v) is 6.15. The number of amides is 1. The number of nitrogens with one attached hydrogen (secondary N) is 1. The molecule has 0 heterocycles. The van der Waals surface area contributed by atoms with Gasteiger partial charge in [-0.15, -0.1) is 0 Å². The molecular weight excluding hydrogens is 298 g/mol. The first-order chi connectivity index (χ1) is 11.7. The summed E-state index contributed by atoms with van der Waals surface area (Å²) in [5.41, 5.74) is 2.73. The van der Waals surface area contributed by atoms with Gasteiger partial charge in [0, 0.05) is 12.1 Å². The molecule has 24 heavy (non-hydrogen) atoms. The van der Waals surface area contributed by atoms with E-state index >= 15 is 0 Å². The Morgan fingerprint density at radius 2 is 1.38 bits per heavy atom. The molecule has 128 valence electrons. The SMILES string of the molecule is CCCCCCCCNC(=O)c1ccc(-c2ccc(O)cc2)cc1. The Hall–Kier alpha value is -2.29. The van der Waals surface area contributed by atoms with Crippen molar-refractivity contribution in [1.82, 2.24) is 5.32 Å². The third-order valence-electron chi connectivity index (χ3n) is 4.16. The van der Waals surface area contributed by atoms with Crippen LogP contribution in [0.1, 0.15) is 55.8 Å². The molecule has 0 fully saturated rings. The van der Waals surface area contributed by atoms with Gasteiger partial charge < -0.3 is 10.4 Å². The normalized spacial score (nSPS) is 10.5. The highest BCUT2D eigenvalue weighted by Crippen LogP contribution is 2.22. The molecule has 0 aliphatic rings.